The molecule has 0 spiro atoms. The average Bonchev–Trinajstić information content (AvgIpc) is 3.58. The van der Waals surface area contributed by atoms with Gasteiger partial charge in [-0.05, 0) is 64.2 Å². The van der Waals surface area contributed by atoms with Crippen LogP contribution in [0.5, 0.6) is 0 Å². The molecule has 0 aromatic carbocycles. The van der Waals surface area contributed by atoms with E-state index in [2.05, 4.69) is 75.0 Å². The molecular formula is C56H105N5O4. The summed E-state index contributed by atoms with van der Waals surface area (Å²) in [6.07, 6.45) is 40.3. The zero-order valence-electron chi connectivity index (χ0n) is 43.5. The van der Waals surface area contributed by atoms with Crippen molar-refractivity contribution in [2.75, 3.05) is 52.4 Å². The molecule has 0 aliphatic carbocycles. The maximum absolute atomic E-state index is 13.7. The first-order valence-corrected chi connectivity index (χ1v) is 27.8. The summed E-state index contributed by atoms with van der Waals surface area (Å²) in [6.45, 7) is 18.7. The van der Waals surface area contributed by atoms with Gasteiger partial charge in [0.25, 0.3) is 0 Å². The molecule has 0 aromatic rings. The van der Waals surface area contributed by atoms with E-state index < -0.39 is 0 Å². The van der Waals surface area contributed by atoms with Gasteiger partial charge in [0.15, 0.2) is 0 Å². The van der Waals surface area contributed by atoms with E-state index in [0.29, 0.717) is 32.6 Å². The Morgan fingerprint density at radius 2 is 0.985 bits per heavy atom. The lowest BCUT2D eigenvalue weighted by Crippen LogP contribution is -2.41. The highest BCUT2D eigenvalue weighted by Gasteiger charge is 2.42. The van der Waals surface area contributed by atoms with Crippen molar-refractivity contribution in [3.63, 3.8) is 0 Å². The van der Waals surface area contributed by atoms with Crippen LogP contribution in [0.15, 0.2) is 23.3 Å². The van der Waals surface area contributed by atoms with Crippen LogP contribution in [-0.4, -0.2) is 81.3 Å². The maximum atomic E-state index is 13.7. The van der Waals surface area contributed by atoms with Gasteiger partial charge < -0.3 is 26.1 Å². The second-order valence-electron chi connectivity index (χ2n) is 19.6. The van der Waals surface area contributed by atoms with Crippen molar-refractivity contribution in [3.8, 4) is 0 Å². The van der Waals surface area contributed by atoms with E-state index in [-0.39, 0.29) is 47.8 Å². The topological polar surface area (TPSA) is 120 Å². The van der Waals surface area contributed by atoms with Crippen LogP contribution in [-0.2, 0) is 19.2 Å². The molecule has 1 aliphatic rings. The molecule has 378 valence electrons. The molecule has 1 aliphatic heterocycles. The zero-order valence-corrected chi connectivity index (χ0v) is 43.5. The van der Waals surface area contributed by atoms with Gasteiger partial charge in [0.1, 0.15) is 6.29 Å². The molecule has 1 fully saturated rings. The van der Waals surface area contributed by atoms with Crippen LogP contribution in [0.1, 0.15) is 234 Å². The van der Waals surface area contributed by atoms with E-state index >= 15 is 0 Å². The molecule has 0 radical (unpaired) electrons. The van der Waals surface area contributed by atoms with Gasteiger partial charge in [-0.25, -0.2) is 0 Å². The van der Waals surface area contributed by atoms with Crippen LogP contribution in [0.3, 0.4) is 0 Å². The summed E-state index contributed by atoms with van der Waals surface area (Å²) >= 11 is 0. The van der Waals surface area contributed by atoms with Gasteiger partial charge in [0, 0.05) is 65.2 Å². The van der Waals surface area contributed by atoms with E-state index in [1.165, 1.54) is 157 Å². The van der Waals surface area contributed by atoms with E-state index in [1.54, 1.807) is 0 Å². The first kappa shape index (κ1) is 60.7. The number of imide groups is 1. The summed E-state index contributed by atoms with van der Waals surface area (Å²) in [6, 6.07) is 0. The number of allylic oxidation sites excluding steroid dienone is 4. The van der Waals surface area contributed by atoms with Gasteiger partial charge in [-0.1, -0.05) is 192 Å². The number of aldehydes is 1. The quantitative estimate of drug-likeness (QED) is 0.0208. The van der Waals surface area contributed by atoms with Gasteiger partial charge in [0.05, 0.1) is 11.8 Å². The third-order valence-corrected chi connectivity index (χ3v) is 14.0. The van der Waals surface area contributed by atoms with Crippen LogP contribution in [0, 0.1) is 23.7 Å². The lowest BCUT2D eigenvalue weighted by Gasteiger charge is -2.26. The molecule has 9 nitrogen and oxygen atoms in total. The molecule has 1 rings (SSSR count). The number of likely N-dealkylation sites (tertiary alicyclic amines) is 1. The molecule has 9 heteroatoms. The van der Waals surface area contributed by atoms with Gasteiger partial charge in [0.2, 0.25) is 17.7 Å². The Morgan fingerprint density at radius 1 is 0.554 bits per heavy atom. The minimum absolute atomic E-state index is 0.00152. The fourth-order valence-electron chi connectivity index (χ4n) is 9.73. The molecule has 1 heterocycles. The summed E-state index contributed by atoms with van der Waals surface area (Å²) in [7, 11) is 0. The van der Waals surface area contributed by atoms with Gasteiger partial charge in [-0.2, -0.15) is 0 Å². The average molecular weight is 912 g/mol. The minimum atomic E-state index is -0.320. The minimum Gasteiger partial charge on any atom is -0.355 e. The molecule has 3 amide bonds. The van der Waals surface area contributed by atoms with Gasteiger partial charge >= 0.3 is 0 Å². The van der Waals surface area contributed by atoms with Crippen molar-refractivity contribution in [2.45, 2.75) is 234 Å². The molecule has 1 saturated heterocycles. The van der Waals surface area contributed by atoms with Gasteiger partial charge in [-0.15, -0.1) is 0 Å². The molecule has 65 heavy (non-hydrogen) atoms. The number of hydrogen-bond donors (Lipinski definition) is 4. The third kappa shape index (κ3) is 29.9. The normalized spacial score (nSPS) is 16.1. The maximum Gasteiger partial charge on any atom is 0.233 e. The van der Waals surface area contributed by atoms with Crippen LogP contribution >= 0.6 is 0 Å². The first-order chi connectivity index (χ1) is 31.8. The SMILES string of the molecule is CCCCCCC/C=C(\C)C(CCCCCCCCC)C(CC=O)C(=O)NCCNCCNCCNCCN1C(=O)CC(C(CCCCCCCCC)/C(C)=C/CCCCCCC)C1=O. The number of rotatable bonds is 47. The highest BCUT2D eigenvalue weighted by atomic mass is 16.2. The number of carbonyl (C=O) groups excluding carboxylic acids is 4. The Morgan fingerprint density at radius 3 is 1.49 bits per heavy atom. The van der Waals surface area contributed by atoms with E-state index in [0.717, 1.165) is 71.0 Å². The second kappa shape index (κ2) is 43.0. The van der Waals surface area contributed by atoms with Crippen molar-refractivity contribution in [1.29, 1.82) is 0 Å². The molecule has 4 atom stereocenters. The number of carbonyl (C=O) groups is 4. The Labute approximate surface area is 401 Å². The Kier molecular flexibility index (Phi) is 40.1. The fraction of sp³-hybridized carbons (Fsp3) is 0.857. The Balaban J connectivity index is 2.49. The number of hydrogen-bond acceptors (Lipinski definition) is 7. The molecule has 4 unspecified atom stereocenters. The summed E-state index contributed by atoms with van der Waals surface area (Å²) in [5.41, 5.74) is 2.59. The van der Waals surface area contributed by atoms with Gasteiger partial charge in [-0.3, -0.25) is 19.3 Å². The highest BCUT2D eigenvalue weighted by molar-refractivity contribution is 6.03. The van der Waals surface area contributed by atoms with Crippen molar-refractivity contribution >= 4 is 24.0 Å². The molecule has 0 bridgehead atoms. The largest absolute Gasteiger partial charge is 0.355 e. The number of nitrogens with one attached hydrogen (secondary N) is 4. The van der Waals surface area contributed by atoms with Crippen LogP contribution in [0.25, 0.3) is 0 Å². The summed E-state index contributed by atoms with van der Waals surface area (Å²) in [5, 5.41) is 13.5. The summed E-state index contributed by atoms with van der Waals surface area (Å²) < 4.78 is 0. The third-order valence-electron chi connectivity index (χ3n) is 14.0. The van der Waals surface area contributed by atoms with Crippen molar-refractivity contribution in [1.82, 2.24) is 26.2 Å². The standard InChI is InChI=1S/C56H105N5O4/c1-7-11-15-19-23-27-31-35-50(48(5)33-29-25-21-17-13-9-3)52(37-46-62)55(64)60-43-42-58-39-38-57-40-41-59-44-45-61-54(63)47-53(56(61)65)51(36-32-28-24-20-16-12-8-2)49(6)34-30-26-22-18-14-10-4/h33-34,46,50-53,57-59H,7-32,35-45,47H2,1-6H3,(H,60,64)/b48-33+,49-34+. The smallest absolute Gasteiger partial charge is 0.233 e. The van der Waals surface area contributed by atoms with Crippen LogP contribution in [0.4, 0.5) is 0 Å². The van der Waals surface area contributed by atoms with Crippen molar-refractivity contribution in [3.05, 3.63) is 23.3 Å². The Bertz CT molecular complexity index is 1250. The highest BCUT2D eigenvalue weighted by Crippen LogP contribution is 2.35. The summed E-state index contributed by atoms with van der Waals surface area (Å²) in [4.78, 5) is 53.8. The number of amides is 3. The predicted octanol–water partition coefficient (Wildman–Crippen LogP) is 12.6. The van der Waals surface area contributed by atoms with Crippen molar-refractivity contribution < 1.29 is 19.2 Å². The molecular weight excluding hydrogens is 807 g/mol. The second-order valence-corrected chi connectivity index (χ2v) is 19.6. The fourth-order valence-corrected chi connectivity index (χ4v) is 9.73. The monoisotopic (exact) mass is 912 g/mol. The lowest BCUT2D eigenvalue weighted by molar-refractivity contribution is -0.139. The first-order valence-electron chi connectivity index (χ1n) is 27.8. The zero-order chi connectivity index (χ0) is 47.6. The van der Waals surface area contributed by atoms with Crippen LogP contribution in [0.2, 0.25) is 0 Å². The van der Waals surface area contributed by atoms with Crippen LogP contribution < -0.4 is 21.3 Å². The molecule has 0 aromatic heterocycles. The van der Waals surface area contributed by atoms with E-state index in [4.69, 9.17) is 0 Å². The predicted molar refractivity (Wildman–Crippen MR) is 277 cm³/mol. The van der Waals surface area contributed by atoms with Crippen molar-refractivity contribution in [2.24, 2.45) is 23.7 Å². The number of unbranched alkanes of at least 4 members (excludes halogenated alkanes) is 22. The number of nitrogens with zero attached hydrogens (tertiary/aromatic N) is 1. The van der Waals surface area contributed by atoms with E-state index in [1.807, 2.05) is 0 Å². The molecule has 0 saturated carbocycles. The summed E-state index contributed by atoms with van der Waals surface area (Å²) in [5.74, 6) is -0.272. The molecule has 4 N–H and O–H groups in total. The lowest BCUT2D eigenvalue weighted by atomic mass is 9.79. The Hall–Kier alpha value is -2.36. The van der Waals surface area contributed by atoms with E-state index in [9.17, 15) is 19.2 Å².